The van der Waals surface area contributed by atoms with E-state index >= 15 is 0 Å². The predicted molar refractivity (Wildman–Crippen MR) is 54.6 cm³/mol. The van der Waals surface area contributed by atoms with Crippen molar-refractivity contribution < 1.29 is 5.11 Å². The predicted octanol–water partition coefficient (Wildman–Crippen LogP) is 0.572. The summed E-state index contributed by atoms with van der Waals surface area (Å²) in [5.41, 5.74) is 5.80. The second kappa shape index (κ2) is 6.35. The lowest BCUT2D eigenvalue weighted by Crippen LogP contribution is -2.27. The van der Waals surface area contributed by atoms with Crippen LogP contribution in [0.5, 0.6) is 0 Å². The summed E-state index contributed by atoms with van der Waals surface area (Å²) in [6.07, 6.45) is 5.78. The lowest BCUT2D eigenvalue weighted by atomic mass is 10.2. The number of hydrogen-bond donors (Lipinski definition) is 2. The van der Waals surface area contributed by atoms with Crippen molar-refractivity contribution in [3.8, 4) is 0 Å². The first kappa shape index (κ1) is 11.0. The molecule has 1 heterocycles. The summed E-state index contributed by atoms with van der Waals surface area (Å²) in [4.78, 5) is 2.45. The van der Waals surface area contributed by atoms with Crippen molar-refractivity contribution in [1.29, 1.82) is 0 Å². The lowest BCUT2D eigenvalue weighted by Gasteiger charge is -2.14. The first-order valence-corrected chi connectivity index (χ1v) is 5.41. The highest BCUT2D eigenvalue weighted by molar-refractivity contribution is 4.77. The molecule has 0 aliphatic carbocycles. The fourth-order valence-electron chi connectivity index (χ4n) is 1.87. The smallest absolute Gasteiger partial charge is 0.0431 e. The highest BCUT2D eigenvalue weighted by Crippen LogP contribution is 2.08. The molecule has 1 aliphatic heterocycles. The van der Waals surface area contributed by atoms with E-state index in [0.717, 1.165) is 25.8 Å². The standard InChI is InChI=1S/C10H22N2O/c11-10-5-7-12(9-10)6-3-1-2-4-8-13/h10,13H,1-9,11H2/t10-/m1/s1. The van der Waals surface area contributed by atoms with Crippen LogP contribution in [0.3, 0.4) is 0 Å². The van der Waals surface area contributed by atoms with Crippen LogP contribution in [0, 0.1) is 0 Å². The minimum atomic E-state index is 0.342. The number of nitrogens with two attached hydrogens (primary N) is 1. The van der Waals surface area contributed by atoms with Crippen LogP contribution in [-0.4, -0.2) is 42.3 Å². The van der Waals surface area contributed by atoms with E-state index in [1.165, 1.54) is 25.9 Å². The van der Waals surface area contributed by atoms with Crippen molar-refractivity contribution in [2.24, 2.45) is 5.73 Å². The quantitative estimate of drug-likeness (QED) is 0.596. The molecule has 13 heavy (non-hydrogen) atoms. The Morgan fingerprint density at radius 3 is 2.62 bits per heavy atom. The Morgan fingerprint density at radius 1 is 1.23 bits per heavy atom. The van der Waals surface area contributed by atoms with Crippen LogP contribution in [0.1, 0.15) is 32.1 Å². The van der Waals surface area contributed by atoms with E-state index in [2.05, 4.69) is 4.90 Å². The zero-order chi connectivity index (χ0) is 9.52. The average molecular weight is 186 g/mol. The van der Waals surface area contributed by atoms with Crippen LogP contribution >= 0.6 is 0 Å². The molecule has 1 aliphatic rings. The van der Waals surface area contributed by atoms with Gasteiger partial charge < -0.3 is 15.7 Å². The summed E-state index contributed by atoms with van der Waals surface area (Å²) in [6, 6.07) is 0.414. The van der Waals surface area contributed by atoms with Crippen molar-refractivity contribution in [2.75, 3.05) is 26.2 Å². The molecule has 0 bridgehead atoms. The first-order valence-electron chi connectivity index (χ1n) is 5.41. The molecule has 0 unspecified atom stereocenters. The largest absolute Gasteiger partial charge is 0.396 e. The fraction of sp³-hybridized carbons (Fsp3) is 1.00. The molecule has 0 spiro atoms. The number of nitrogens with zero attached hydrogens (tertiary/aromatic N) is 1. The van der Waals surface area contributed by atoms with Gasteiger partial charge in [0.15, 0.2) is 0 Å². The molecule has 0 aromatic carbocycles. The zero-order valence-corrected chi connectivity index (χ0v) is 8.41. The van der Waals surface area contributed by atoms with E-state index in [4.69, 9.17) is 10.8 Å². The second-order valence-electron chi connectivity index (χ2n) is 3.99. The number of aliphatic hydroxyl groups excluding tert-OH is 1. The van der Waals surface area contributed by atoms with Crippen LogP contribution in [0.4, 0.5) is 0 Å². The molecule has 1 atom stereocenters. The number of unbranched alkanes of at least 4 members (excludes halogenated alkanes) is 3. The Morgan fingerprint density at radius 2 is 2.00 bits per heavy atom. The Bertz CT molecular complexity index is 130. The number of rotatable bonds is 6. The summed E-state index contributed by atoms with van der Waals surface area (Å²) in [5, 5.41) is 8.58. The van der Waals surface area contributed by atoms with Gasteiger partial charge in [0.25, 0.3) is 0 Å². The van der Waals surface area contributed by atoms with Crippen molar-refractivity contribution in [3.63, 3.8) is 0 Å². The first-order chi connectivity index (χ1) is 6.33. The Kier molecular flexibility index (Phi) is 5.35. The maximum absolute atomic E-state index is 8.58. The molecule has 1 fully saturated rings. The molecule has 3 N–H and O–H groups in total. The molecular formula is C10H22N2O. The topological polar surface area (TPSA) is 49.5 Å². The zero-order valence-electron chi connectivity index (χ0n) is 8.41. The minimum absolute atomic E-state index is 0.342. The second-order valence-corrected chi connectivity index (χ2v) is 3.99. The van der Waals surface area contributed by atoms with Gasteiger partial charge in [-0.1, -0.05) is 12.8 Å². The summed E-state index contributed by atoms with van der Waals surface area (Å²) in [7, 11) is 0. The van der Waals surface area contributed by atoms with Gasteiger partial charge >= 0.3 is 0 Å². The molecule has 0 radical (unpaired) electrons. The van der Waals surface area contributed by atoms with E-state index in [9.17, 15) is 0 Å². The molecule has 3 nitrogen and oxygen atoms in total. The molecule has 1 rings (SSSR count). The summed E-state index contributed by atoms with van der Waals surface area (Å²) < 4.78 is 0. The van der Waals surface area contributed by atoms with E-state index in [1.807, 2.05) is 0 Å². The van der Waals surface area contributed by atoms with Crippen LogP contribution < -0.4 is 5.73 Å². The van der Waals surface area contributed by atoms with E-state index in [1.54, 1.807) is 0 Å². The number of likely N-dealkylation sites (tertiary alicyclic amines) is 1. The van der Waals surface area contributed by atoms with E-state index in [0.29, 0.717) is 12.6 Å². The Labute approximate surface area is 80.9 Å². The van der Waals surface area contributed by atoms with E-state index < -0.39 is 0 Å². The van der Waals surface area contributed by atoms with Crippen molar-refractivity contribution >= 4 is 0 Å². The van der Waals surface area contributed by atoms with Gasteiger partial charge in [0.1, 0.15) is 0 Å². The highest BCUT2D eigenvalue weighted by Gasteiger charge is 2.17. The molecule has 0 aromatic rings. The van der Waals surface area contributed by atoms with Crippen LogP contribution in [0.25, 0.3) is 0 Å². The van der Waals surface area contributed by atoms with Gasteiger partial charge in [0, 0.05) is 19.2 Å². The van der Waals surface area contributed by atoms with Crippen molar-refractivity contribution in [1.82, 2.24) is 4.90 Å². The van der Waals surface area contributed by atoms with Gasteiger partial charge in [0.2, 0.25) is 0 Å². The summed E-state index contributed by atoms with van der Waals surface area (Å²) in [5.74, 6) is 0. The van der Waals surface area contributed by atoms with Gasteiger partial charge in [-0.15, -0.1) is 0 Å². The van der Waals surface area contributed by atoms with Gasteiger partial charge in [-0.3, -0.25) is 0 Å². The van der Waals surface area contributed by atoms with Crippen molar-refractivity contribution in [2.45, 2.75) is 38.1 Å². The molecule has 1 saturated heterocycles. The third-order valence-electron chi connectivity index (χ3n) is 2.69. The van der Waals surface area contributed by atoms with Crippen LogP contribution in [-0.2, 0) is 0 Å². The molecule has 78 valence electrons. The molecule has 0 aromatic heterocycles. The Balaban J connectivity index is 1.88. The van der Waals surface area contributed by atoms with Gasteiger partial charge in [-0.05, 0) is 32.4 Å². The van der Waals surface area contributed by atoms with Crippen LogP contribution in [0.15, 0.2) is 0 Å². The summed E-state index contributed by atoms with van der Waals surface area (Å²) in [6.45, 7) is 3.80. The number of aliphatic hydroxyl groups is 1. The lowest BCUT2D eigenvalue weighted by molar-refractivity contribution is 0.278. The highest BCUT2D eigenvalue weighted by atomic mass is 16.2. The molecular weight excluding hydrogens is 164 g/mol. The molecule has 0 amide bonds. The monoisotopic (exact) mass is 186 g/mol. The number of hydrogen-bond acceptors (Lipinski definition) is 3. The fourth-order valence-corrected chi connectivity index (χ4v) is 1.87. The van der Waals surface area contributed by atoms with Gasteiger partial charge in [0.05, 0.1) is 0 Å². The van der Waals surface area contributed by atoms with Crippen LogP contribution in [0.2, 0.25) is 0 Å². The molecule has 0 saturated carbocycles. The molecule has 3 heteroatoms. The average Bonchev–Trinajstić information content (AvgIpc) is 2.51. The third kappa shape index (κ3) is 4.60. The normalized spacial score (nSPS) is 24.0. The Hall–Kier alpha value is -0.120. The van der Waals surface area contributed by atoms with Gasteiger partial charge in [-0.25, -0.2) is 0 Å². The summed E-state index contributed by atoms with van der Waals surface area (Å²) >= 11 is 0. The van der Waals surface area contributed by atoms with Gasteiger partial charge in [-0.2, -0.15) is 0 Å². The third-order valence-corrected chi connectivity index (χ3v) is 2.69. The van der Waals surface area contributed by atoms with E-state index in [-0.39, 0.29) is 0 Å². The maximum atomic E-state index is 8.58. The maximum Gasteiger partial charge on any atom is 0.0431 e. The minimum Gasteiger partial charge on any atom is -0.396 e. The SMILES string of the molecule is N[C@@H]1CCN(CCCCCCO)C1. The van der Waals surface area contributed by atoms with Crippen molar-refractivity contribution in [3.05, 3.63) is 0 Å².